The zero-order chi connectivity index (χ0) is 15.5. The third-order valence-corrected chi connectivity index (χ3v) is 7.20. The van der Waals surface area contributed by atoms with E-state index in [-0.39, 0.29) is 11.4 Å². The fourth-order valence-electron chi connectivity index (χ4n) is 5.56. The quantitative estimate of drug-likeness (QED) is 0.823. The molecule has 4 fully saturated rings. The average molecular weight is 366 g/mol. The van der Waals surface area contributed by atoms with Gasteiger partial charge in [-0.2, -0.15) is 5.10 Å². The summed E-state index contributed by atoms with van der Waals surface area (Å²) < 4.78 is 2.78. The van der Waals surface area contributed by atoms with E-state index in [9.17, 15) is 4.79 Å². The van der Waals surface area contributed by atoms with Crippen LogP contribution in [0.2, 0.25) is 0 Å². The van der Waals surface area contributed by atoms with Crippen LogP contribution in [0.1, 0.15) is 44.2 Å². The average Bonchev–Trinajstić information content (AvgIpc) is 2.77. The van der Waals surface area contributed by atoms with Crippen molar-refractivity contribution >= 4 is 21.8 Å². The number of nitrogens with zero attached hydrogens (tertiary/aromatic N) is 3. The number of amides is 1. The van der Waals surface area contributed by atoms with E-state index in [1.165, 1.54) is 38.5 Å². The molecule has 0 aromatic carbocycles. The lowest BCUT2D eigenvalue weighted by molar-refractivity contribution is -0.148. The van der Waals surface area contributed by atoms with E-state index in [2.05, 4.69) is 25.9 Å². The summed E-state index contributed by atoms with van der Waals surface area (Å²) >= 11 is 3.47. The fraction of sp³-hybridized carbons (Fsp3) is 0.765. The number of carbonyl (C=O) groups excluding carboxylic acids is 1. The van der Waals surface area contributed by atoms with E-state index in [4.69, 9.17) is 0 Å². The third kappa shape index (κ3) is 2.24. The highest BCUT2D eigenvalue weighted by Crippen LogP contribution is 2.57. The summed E-state index contributed by atoms with van der Waals surface area (Å²) in [7, 11) is 2.03. The van der Waals surface area contributed by atoms with Gasteiger partial charge in [0.25, 0.3) is 0 Å². The van der Waals surface area contributed by atoms with Gasteiger partial charge >= 0.3 is 0 Å². The van der Waals surface area contributed by atoms with Gasteiger partial charge in [0.05, 0.1) is 16.4 Å². The Balaban J connectivity index is 1.52. The zero-order valence-electron chi connectivity index (χ0n) is 13.4. The molecule has 5 heteroatoms. The summed E-state index contributed by atoms with van der Waals surface area (Å²) in [5.74, 6) is 2.80. The topological polar surface area (TPSA) is 38.1 Å². The molecule has 1 amide bonds. The van der Waals surface area contributed by atoms with Gasteiger partial charge in [-0.3, -0.25) is 9.48 Å². The highest BCUT2D eigenvalue weighted by atomic mass is 79.9. The highest BCUT2D eigenvalue weighted by molar-refractivity contribution is 9.10. The lowest BCUT2D eigenvalue weighted by atomic mass is 9.52. The van der Waals surface area contributed by atoms with E-state index < -0.39 is 0 Å². The zero-order valence-corrected chi connectivity index (χ0v) is 15.0. The molecule has 22 heavy (non-hydrogen) atoms. The summed E-state index contributed by atoms with van der Waals surface area (Å²) in [6.45, 7) is 2.35. The van der Waals surface area contributed by atoms with Gasteiger partial charge in [0.1, 0.15) is 6.54 Å². The van der Waals surface area contributed by atoms with Crippen molar-refractivity contribution < 1.29 is 4.79 Å². The number of hydrogen-bond donors (Lipinski definition) is 0. The Bertz CT molecular complexity index is 574. The lowest BCUT2D eigenvalue weighted by Crippen LogP contribution is -2.60. The molecule has 1 aromatic heterocycles. The van der Waals surface area contributed by atoms with Crippen molar-refractivity contribution in [1.29, 1.82) is 0 Å². The Morgan fingerprint density at radius 1 is 1.32 bits per heavy atom. The van der Waals surface area contributed by atoms with Crippen molar-refractivity contribution in [2.45, 2.75) is 57.5 Å². The molecule has 0 unspecified atom stereocenters. The Hall–Kier alpha value is -0.840. The number of aromatic nitrogens is 2. The maximum atomic E-state index is 12.8. The third-order valence-electron chi connectivity index (χ3n) is 6.42. The molecular weight excluding hydrogens is 342 g/mol. The second kappa shape index (κ2) is 5.08. The molecule has 4 aliphatic carbocycles. The molecule has 0 spiro atoms. The molecule has 0 N–H and O–H groups in total. The highest BCUT2D eigenvalue weighted by Gasteiger charge is 2.53. The number of likely N-dealkylation sites (N-methyl/N-ethyl adjacent to an activating group) is 1. The first kappa shape index (κ1) is 14.7. The van der Waals surface area contributed by atoms with Crippen LogP contribution in [0.15, 0.2) is 10.7 Å². The van der Waals surface area contributed by atoms with Gasteiger partial charge in [0.2, 0.25) is 5.91 Å². The second-order valence-electron chi connectivity index (χ2n) is 7.83. The summed E-state index contributed by atoms with van der Waals surface area (Å²) in [4.78, 5) is 14.9. The van der Waals surface area contributed by atoms with Crippen LogP contribution in [0.4, 0.5) is 0 Å². The van der Waals surface area contributed by atoms with Crippen molar-refractivity contribution in [3.8, 4) is 0 Å². The number of rotatable bonds is 3. The van der Waals surface area contributed by atoms with Crippen molar-refractivity contribution in [1.82, 2.24) is 14.7 Å². The van der Waals surface area contributed by atoms with Gasteiger partial charge in [-0.1, -0.05) is 0 Å². The van der Waals surface area contributed by atoms with E-state index >= 15 is 0 Å². The molecule has 4 bridgehead atoms. The fourth-order valence-corrected chi connectivity index (χ4v) is 5.85. The van der Waals surface area contributed by atoms with Crippen molar-refractivity contribution in [3.63, 3.8) is 0 Å². The Kier molecular flexibility index (Phi) is 3.40. The summed E-state index contributed by atoms with van der Waals surface area (Å²) in [5.41, 5.74) is 1.16. The lowest BCUT2D eigenvalue weighted by Gasteiger charge is -2.59. The molecule has 0 atom stereocenters. The first-order valence-corrected chi connectivity index (χ1v) is 9.21. The molecule has 0 radical (unpaired) electrons. The van der Waals surface area contributed by atoms with Gasteiger partial charge in [0.15, 0.2) is 0 Å². The Morgan fingerprint density at radius 3 is 2.32 bits per heavy atom. The molecule has 5 rings (SSSR count). The smallest absolute Gasteiger partial charge is 0.244 e. The van der Waals surface area contributed by atoms with Gasteiger partial charge in [-0.25, -0.2) is 0 Å². The minimum Gasteiger partial charge on any atom is -0.338 e. The van der Waals surface area contributed by atoms with Crippen LogP contribution in [0.25, 0.3) is 0 Å². The standard InChI is InChI=1S/C17H24BrN3O/c1-11-15(18)9-19-21(11)10-16(22)20(2)17-6-12-3-13(7-17)5-14(4-12)8-17/h9,12-14H,3-8,10H2,1-2H3. The summed E-state index contributed by atoms with van der Waals surface area (Å²) in [5, 5.41) is 4.31. The first-order valence-electron chi connectivity index (χ1n) is 8.41. The van der Waals surface area contributed by atoms with Crippen LogP contribution in [0, 0.1) is 24.7 Å². The maximum Gasteiger partial charge on any atom is 0.244 e. The number of halogens is 1. The van der Waals surface area contributed by atoms with Crippen LogP contribution in [0.3, 0.4) is 0 Å². The predicted octanol–water partition coefficient (Wildman–Crippen LogP) is 3.38. The molecule has 4 saturated carbocycles. The van der Waals surface area contributed by atoms with E-state index in [0.29, 0.717) is 6.54 Å². The molecule has 0 aliphatic heterocycles. The predicted molar refractivity (Wildman–Crippen MR) is 88.3 cm³/mol. The van der Waals surface area contributed by atoms with Gasteiger partial charge < -0.3 is 4.90 Å². The Morgan fingerprint density at radius 2 is 1.86 bits per heavy atom. The molecule has 120 valence electrons. The van der Waals surface area contributed by atoms with Gasteiger partial charge in [-0.05, 0) is 79.1 Å². The SMILES string of the molecule is Cc1c(Br)cnn1CC(=O)N(C)C12CC3CC(CC(C3)C1)C2. The summed E-state index contributed by atoms with van der Waals surface area (Å²) in [6, 6.07) is 0. The number of hydrogen-bond acceptors (Lipinski definition) is 2. The van der Waals surface area contributed by atoms with Gasteiger partial charge in [-0.15, -0.1) is 0 Å². The van der Waals surface area contributed by atoms with Crippen molar-refractivity contribution in [2.75, 3.05) is 7.05 Å². The normalized spacial score (nSPS) is 35.9. The molecule has 4 nitrogen and oxygen atoms in total. The van der Waals surface area contributed by atoms with E-state index in [1.54, 1.807) is 6.20 Å². The number of carbonyl (C=O) groups is 1. The molecule has 1 aromatic rings. The molecule has 4 aliphatic rings. The summed E-state index contributed by atoms with van der Waals surface area (Å²) in [6.07, 6.45) is 9.67. The van der Waals surface area contributed by atoms with Crippen LogP contribution < -0.4 is 0 Å². The molecule has 0 saturated heterocycles. The van der Waals surface area contributed by atoms with Crippen LogP contribution in [-0.2, 0) is 11.3 Å². The molecular formula is C17H24BrN3O. The van der Waals surface area contributed by atoms with Gasteiger partial charge in [0, 0.05) is 12.6 Å². The van der Waals surface area contributed by atoms with Crippen LogP contribution in [-0.4, -0.2) is 33.2 Å². The van der Waals surface area contributed by atoms with E-state index in [1.807, 2.05) is 18.7 Å². The first-order chi connectivity index (χ1) is 10.5. The minimum atomic E-state index is 0.143. The van der Waals surface area contributed by atoms with Crippen LogP contribution >= 0.6 is 15.9 Å². The van der Waals surface area contributed by atoms with Crippen molar-refractivity contribution in [2.24, 2.45) is 17.8 Å². The minimum absolute atomic E-state index is 0.143. The van der Waals surface area contributed by atoms with Crippen LogP contribution in [0.5, 0.6) is 0 Å². The molecule has 1 heterocycles. The second-order valence-corrected chi connectivity index (χ2v) is 8.68. The van der Waals surface area contributed by atoms with Crippen molar-refractivity contribution in [3.05, 3.63) is 16.4 Å². The monoisotopic (exact) mass is 365 g/mol. The largest absolute Gasteiger partial charge is 0.338 e. The Labute approximate surface area is 140 Å². The van der Waals surface area contributed by atoms with E-state index in [0.717, 1.165) is 27.9 Å². The maximum absolute atomic E-state index is 12.8.